The van der Waals surface area contributed by atoms with E-state index in [4.69, 9.17) is 33.0 Å². The van der Waals surface area contributed by atoms with Gasteiger partial charge in [0, 0.05) is 10.7 Å². The summed E-state index contributed by atoms with van der Waals surface area (Å²) in [6, 6.07) is 11.7. The van der Waals surface area contributed by atoms with Crippen LogP contribution in [0.25, 0.3) is 11.0 Å². The zero-order valence-corrected chi connectivity index (χ0v) is 14.8. The minimum atomic E-state index is -0.726. The highest BCUT2D eigenvalue weighted by Gasteiger charge is 2.18. The standard InChI is InChI=1S/C18H14ClNO4S/c1-2-23-12-6-4-11(5-7-12)20-17(25)15-16(21)13-9-10(19)3-8-14(13)24-18(15)22/h3-9,21H,2H2,1H3,(H,20,25). The lowest BCUT2D eigenvalue weighted by Crippen LogP contribution is -2.20. The fourth-order valence-electron chi connectivity index (χ4n) is 2.35. The molecule has 0 fully saturated rings. The Morgan fingerprint density at radius 3 is 2.68 bits per heavy atom. The van der Waals surface area contributed by atoms with Crippen molar-refractivity contribution in [3.63, 3.8) is 0 Å². The van der Waals surface area contributed by atoms with Crippen molar-refractivity contribution < 1.29 is 14.3 Å². The fraction of sp³-hybridized carbons (Fsp3) is 0.111. The Morgan fingerprint density at radius 1 is 1.28 bits per heavy atom. The zero-order valence-electron chi connectivity index (χ0n) is 13.2. The van der Waals surface area contributed by atoms with Gasteiger partial charge >= 0.3 is 5.63 Å². The van der Waals surface area contributed by atoms with Crippen molar-refractivity contribution in [2.24, 2.45) is 0 Å². The van der Waals surface area contributed by atoms with Crippen molar-refractivity contribution in [3.8, 4) is 11.5 Å². The smallest absolute Gasteiger partial charge is 0.350 e. The molecular formula is C18H14ClNO4S. The summed E-state index contributed by atoms with van der Waals surface area (Å²) in [6.45, 7) is 2.47. The molecule has 1 heterocycles. The summed E-state index contributed by atoms with van der Waals surface area (Å²) >= 11 is 11.2. The molecule has 0 atom stereocenters. The number of halogens is 1. The molecule has 5 nitrogen and oxygen atoms in total. The summed E-state index contributed by atoms with van der Waals surface area (Å²) in [5.41, 5.74) is 0.0485. The van der Waals surface area contributed by atoms with Crippen LogP contribution >= 0.6 is 23.8 Å². The number of benzene rings is 2. The number of ether oxygens (including phenoxy) is 1. The summed E-state index contributed by atoms with van der Waals surface area (Å²) in [5, 5.41) is 14.1. The van der Waals surface area contributed by atoms with Crippen LogP contribution in [0.4, 0.5) is 5.69 Å². The maximum Gasteiger partial charge on any atom is 0.350 e. The summed E-state index contributed by atoms with van der Waals surface area (Å²) in [7, 11) is 0. The predicted octanol–water partition coefficient (Wildman–Crippen LogP) is 4.34. The largest absolute Gasteiger partial charge is 0.506 e. The fourth-order valence-corrected chi connectivity index (χ4v) is 2.82. The van der Waals surface area contributed by atoms with Crippen LogP contribution in [-0.4, -0.2) is 16.7 Å². The number of anilines is 1. The molecule has 7 heteroatoms. The monoisotopic (exact) mass is 375 g/mol. The Bertz CT molecular complexity index is 998. The van der Waals surface area contributed by atoms with Crippen LogP contribution < -0.4 is 15.7 Å². The van der Waals surface area contributed by atoms with E-state index in [0.29, 0.717) is 22.7 Å². The molecule has 25 heavy (non-hydrogen) atoms. The van der Waals surface area contributed by atoms with Gasteiger partial charge in [-0.05, 0) is 49.4 Å². The van der Waals surface area contributed by atoms with Crippen LogP contribution in [0.2, 0.25) is 5.02 Å². The van der Waals surface area contributed by atoms with Crippen molar-refractivity contribution in [3.05, 3.63) is 63.5 Å². The van der Waals surface area contributed by atoms with Crippen LogP contribution in [0.5, 0.6) is 11.5 Å². The van der Waals surface area contributed by atoms with E-state index in [-0.39, 0.29) is 21.9 Å². The molecule has 0 aliphatic heterocycles. The first-order valence-electron chi connectivity index (χ1n) is 7.49. The molecule has 0 aliphatic rings. The molecule has 3 aromatic rings. The number of thiocarbonyl (C=S) groups is 1. The second-order valence-electron chi connectivity index (χ2n) is 5.17. The van der Waals surface area contributed by atoms with Crippen molar-refractivity contribution in [2.75, 3.05) is 11.9 Å². The second-order valence-corrected chi connectivity index (χ2v) is 6.01. The molecule has 0 aliphatic carbocycles. The predicted molar refractivity (Wildman–Crippen MR) is 102 cm³/mol. The molecule has 0 radical (unpaired) electrons. The van der Waals surface area contributed by atoms with Crippen molar-refractivity contribution in [2.45, 2.75) is 6.92 Å². The van der Waals surface area contributed by atoms with Gasteiger partial charge in [-0.1, -0.05) is 23.8 Å². The van der Waals surface area contributed by atoms with Gasteiger partial charge < -0.3 is 19.6 Å². The van der Waals surface area contributed by atoms with Crippen LogP contribution in [0, 0.1) is 0 Å². The summed E-state index contributed by atoms with van der Waals surface area (Å²) < 4.78 is 10.6. The maximum atomic E-state index is 12.2. The van der Waals surface area contributed by atoms with E-state index in [1.807, 2.05) is 6.92 Å². The number of hydrogen-bond acceptors (Lipinski definition) is 5. The van der Waals surface area contributed by atoms with Gasteiger partial charge in [0.1, 0.15) is 27.6 Å². The van der Waals surface area contributed by atoms with Gasteiger partial charge in [-0.2, -0.15) is 0 Å². The first-order chi connectivity index (χ1) is 12.0. The van der Waals surface area contributed by atoms with Gasteiger partial charge in [-0.3, -0.25) is 0 Å². The number of aromatic hydroxyl groups is 1. The van der Waals surface area contributed by atoms with Gasteiger partial charge in [0.25, 0.3) is 0 Å². The molecule has 0 saturated heterocycles. The Kier molecular flexibility index (Phi) is 4.92. The molecule has 0 spiro atoms. The maximum absolute atomic E-state index is 12.2. The van der Waals surface area contributed by atoms with Gasteiger partial charge in [-0.25, -0.2) is 4.79 Å². The SMILES string of the molecule is CCOc1ccc(NC(=S)c2c(O)c3cc(Cl)ccc3oc2=O)cc1. The Morgan fingerprint density at radius 2 is 2.00 bits per heavy atom. The third kappa shape index (κ3) is 3.60. The zero-order chi connectivity index (χ0) is 18.0. The van der Waals surface area contributed by atoms with E-state index in [9.17, 15) is 9.90 Å². The quantitative estimate of drug-likeness (QED) is 0.522. The molecule has 1 aromatic heterocycles. The van der Waals surface area contributed by atoms with Gasteiger partial charge in [0.05, 0.1) is 12.0 Å². The Balaban J connectivity index is 1.95. The summed E-state index contributed by atoms with van der Waals surface area (Å²) in [5.74, 6) is 0.457. The Labute approximate surface area is 153 Å². The van der Waals surface area contributed by atoms with Crippen molar-refractivity contribution in [1.82, 2.24) is 0 Å². The first kappa shape index (κ1) is 17.3. The minimum Gasteiger partial charge on any atom is -0.506 e. The molecule has 2 N–H and O–H groups in total. The van der Waals surface area contributed by atoms with Crippen LogP contribution in [0.15, 0.2) is 51.7 Å². The molecule has 3 rings (SSSR count). The van der Waals surface area contributed by atoms with Gasteiger partial charge in [0.15, 0.2) is 0 Å². The van der Waals surface area contributed by atoms with E-state index >= 15 is 0 Å². The van der Waals surface area contributed by atoms with E-state index in [0.717, 1.165) is 5.75 Å². The molecule has 128 valence electrons. The lowest BCUT2D eigenvalue weighted by Gasteiger charge is -2.11. The summed E-state index contributed by atoms with van der Waals surface area (Å²) in [4.78, 5) is 12.3. The van der Waals surface area contributed by atoms with E-state index in [1.54, 1.807) is 30.3 Å². The van der Waals surface area contributed by atoms with Gasteiger partial charge in [-0.15, -0.1) is 0 Å². The van der Waals surface area contributed by atoms with E-state index < -0.39 is 5.63 Å². The second kappa shape index (κ2) is 7.13. The molecule has 0 amide bonds. The molecular weight excluding hydrogens is 362 g/mol. The summed E-state index contributed by atoms with van der Waals surface area (Å²) in [6.07, 6.45) is 0. The highest BCUT2D eigenvalue weighted by atomic mass is 35.5. The highest BCUT2D eigenvalue weighted by Crippen LogP contribution is 2.29. The first-order valence-corrected chi connectivity index (χ1v) is 8.27. The lowest BCUT2D eigenvalue weighted by molar-refractivity contribution is 0.340. The third-order valence-corrected chi connectivity index (χ3v) is 4.03. The number of rotatable bonds is 4. The van der Waals surface area contributed by atoms with Crippen molar-refractivity contribution in [1.29, 1.82) is 0 Å². The number of hydrogen-bond donors (Lipinski definition) is 2. The van der Waals surface area contributed by atoms with E-state index in [1.165, 1.54) is 12.1 Å². The number of fused-ring (bicyclic) bond motifs is 1. The topological polar surface area (TPSA) is 71.7 Å². The molecule has 0 saturated carbocycles. The van der Waals surface area contributed by atoms with E-state index in [2.05, 4.69) is 5.32 Å². The third-order valence-electron chi connectivity index (χ3n) is 3.49. The lowest BCUT2D eigenvalue weighted by atomic mass is 10.1. The normalized spacial score (nSPS) is 10.6. The van der Waals surface area contributed by atoms with Crippen LogP contribution in [-0.2, 0) is 0 Å². The van der Waals surface area contributed by atoms with Crippen LogP contribution in [0.3, 0.4) is 0 Å². The average Bonchev–Trinajstić information content (AvgIpc) is 2.58. The highest BCUT2D eigenvalue weighted by molar-refractivity contribution is 7.81. The Hall–Kier alpha value is -2.57. The molecule has 0 bridgehead atoms. The minimum absolute atomic E-state index is 0.0530. The van der Waals surface area contributed by atoms with Crippen LogP contribution in [0.1, 0.15) is 12.5 Å². The van der Waals surface area contributed by atoms with Gasteiger partial charge in [0.2, 0.25) is 0 Å². The molecule has 2 aromatic carbocycles. The number of nitrogens with one attached hydrogen (secondary N) is 1. The molecule has 0 unspecified atom stereocenters. The average molecular weight is 376 g/mol. The van der Waals surface area contributed by atoms with Crippen molar-refractivity contribution >= 4 is 45.5 Å².